The molecule has 0 amide bonds. The van der Waals surface area contributed by atoms with Crippen LogP contribution in [0.3, 0.4) is 0 Å². The Kier molecular flexibility index (Phi) is 10.2. The summed E-state index contributed by atoms with van der Waals surface area (Å²) in [5, 5.41) is 9.26. The molecule has 0 saturated carbocycles. The fraction of sp³-hybridized carbons (Fsp3) is 0.542. The van der Waals surface area contributed by atoms with Crippen molar-refractivity contribution in [3.63, 3.8) is 0 Å². The molecule has 1 saturated heterocycles. The molecule has 4 rings (SSSR count). The summed E-state index contributed by atoms with van der Waals surface area (Å²) in [5.74, 6) is 0.862. The van der Waals surface area contributed by atoms with E-state index in [1.54, 1.807) is 4.88 Å². The van der Waals surface area contributed by atoms with E-state index in [1.165, 1.54) is 23.1 Å². The molecule has 1 aromatic heterocycles. The number of aliphatic imine (C=N–C) groups is 1. The molecule has 8 heteroatoms. The lowest BCUT2D eigenvalue weighted by atomic mass is 10.1. The molecule has 0 radical (unpaired) electrons. The second-order valence-electron chi connectivity index (χ2n) is 8.40. The van der Waals surface area contributed by atoms with E-state index < -0.39 is 0 Å². The number of morpholine rings is 1. The van der Waals surface area contributed by atoms with Gasteiger partial charge in [-0.15, -0.1) is 35.3 Å². The monoisotopic (exact) mass is 569 g/mol. The molecule has 2 aliphatic heterocycles. The number of ether oxygens (including phenoxy) is 1. The Hall–Kier alpha value is -1.20. The molecule has 1 fully saturated rings. The quantitative estimate of drug-likeness (QED) is 0.305. The Morgan fingerprint density at radius 2 is 1.91 bits per heavy atom. The molecular formula is C24H36IN5OS. The summed E-state index contributed by atoms with van der Waals surface area (Å²) in [4.78, 5) is 11.0. The minimum Gasteiger partial charge on any atom is -0.379 e. The number of hydrogen-bond donors (Lipinski definition) is 2. The molecule has 3 heterocycles. The summed E-state index contributed by atoms with van der Waals surface area (Å²) in [7, 11) is 1.85. The van der Waals surface area contributed by atoms with Gasteiger partial charge in [0, 0.05) is 63.8 Å². The van der Waals surface area contributed by atoms with Gasteiger partial charge in [-0.3, -0.25) is 14.8 Å². The molecule has 0 bridgehead atoms. The van der Waals surface area contributed by atoms with E-state index in [0.717, 1.165) is 65.0 Å². The molecule has 1 unspecified atom stereocenters. The van der Waals surface area contributed by atoms with Gasteiger partial charge >= 0.3 is 0 Å². The maximum absolute atomic E-state index is 5.48. The Morgan fingerprint density at radius 3 is 2.69 bits per heavy atom. The van der Waals surface area contributed by atoms with Gasteiger partial charge < -0.3 is 15.4 Å². The van der Waals surface area contributed by atoms with Crippen molar-refractivity contribution >= 4 is 41.3 Å². The molecule has 6 nitrogen and oxygen atoms in total. The van der Waals surface area contributed by atoms with E-state index in [0.29, 0.717) is 6.04 Å². The Morgan fingerprint density at radius 1 is 1.12 bits per heavy atom. The minimum atomic E-state index is 0. The van der Waals surface area contributed by atoms with Crippen LogP contribution in [0.1, 0.15) is 28.5 Å². The van der Waals surface area contributed by atoms with E-state index >= 15 is 0 Å². The first-order valence-corrected chi connectivity index (χ1v) is 12.2. The number of thiophene rings is 1. The molecule has 2 aliphatic rings. The van der Waals surface area contributed by atoms with Crippen LogP contribution in [0, 0.1) is 0 Å². The van der Waals surface area contributed by atoms with Crippen molar-refractivity contribution < 1.29 is 4.74 Å². The van der Waals surface area contributed by atoms with Crippen LogP contribution in [0.2, 0.25) is 0 Å². The van der Waals surface area contributed by atoms with Crippen molar-refractivity contribution in [3.8, 4) is 0 Å². The predicted octanol–water partition coefficient (Wildman–Crippen LogP) is 3.31. The molecule has 1 aromatic carbocycles. The maximum atomic E-state index is 5.48. The van der Waals surface area contributed by atoms with Gasteiger partial charge in [0.2, 0.25) is 0 Å². The van der Waals surface area contributed by atoms with Crippen molar-refractivity contribution in [3.05, 3.63) is 57.3 Å². The van der Waals surface area contributed by atoms with Crippen molar-refractivity contribution in [2.75, 3.05) is 46.4 Å². The molecule has 0 spiro atoms. The van der Waals surface area contributed by atoms with Crippen LogP contribution in [0.25, 0.3) is 0 Å². The van der Waals surface area contributed by atoms with Gasteiger partial charge in [-0.1, -0.05) is 24.3 Å². The zero-order valence-electron chi connectivity index (χ0n) is 19.2. The van der Waals surface area contributed by atoms with Crippen LogP contribution in [-0.4, -0.2) is 68.2 Å². The van der Waals surface area contributed by atoms with E-state index in [4.69, 9.17) is 4.74 Å². The van der Waals surface area contributed by atoms with Gasteiger partial charge in [-0.2, -0.15) is 0 Å². The summed E-state index contributed by atoms with van der Waals surface area (Å²) in [6.07, 6.45) is 1.17. The Bertz CT molecular complexity index is 868. The van der Waals surface area contributed by atoms with Crippen LogP contribution in [0.4, 0.5) is 0 Å². The van der Waals surface area contributed by atoms with Gasteiger partial charge in [-0.25, -0.2) is 0 Å². The first-order valence-electron chi connectivity index (χ1n) is 11.3. The maximum Gasteiger partial charge on any atom is 0.191 e. The van der Waals surface area contributed by atoms with Crippen LogP contribution < -0.4 is 10.6 Å². The third-order valence-corrected chi connectivity index (χ3v) is 7.33. The lowest BCUT2D eigenvalue weighted by Crippen LogP contribution is -2.47. The highest BCUT2D eigenvalue weighted by molar-refractivity contribution is 14.0. The standard InChI is InChI=1S/C24H35N5OS.HI/c1-19(29-9-7-23-22(18-29)8-14-31-23)15-26-24(25-2)27-16-20-5-3-4-6-21(20)17-28-10-12-30-13-11-28;/h3-6,8,14,19H,7,9-13,15-18H2,1-2H3,(H2,25,26,27);1H. The highest BCUT2D eigenvalue weighted by atomic mass is 127. The Balaban J connectivity index is 0.00000289. The van der Waals surface area contributed by atoms with Crippen molar-refractivity contribution in [1.29, 1.82) is 0 Å². The highest BCUT2D eigenvalue weighted by Gasteiger charge is 2.21. The third kappa shape index (κ3) is 6.90. The fourth-order valence-corrected chi connectivity index (χ4v) is 5.19. The first kappa shape index (κ1) is 25.4. The van der Waals surface area contributed by atoms with Gasteiger partial charge in [0.15, 0.2) is 5.96 Å². The second-order valence-corrected chi connectivity index (χ2v) is 9.40. The molecular weight excluding hydrogens is 533 g/mol. The molecule has 0 aliphatic carbocycles. The van der Waals surface area contributed by atoms with E-state index in [2.05, 4.69) is 68.1 Å². The normalized spacial score (nSPS) is 18.5. The largest absolute Gasteiger partial charge is 0.379 e. The third-order valence-electron chi connectivity index (χ3n) is 6.31. The van der Waals surface area contributed by atoms with E-state index in [-0.39, 0.29) is 24.0 Å². The smallest absolute Gasteiger partial charge is 0.191 e. The summed E-state index contributed by atoms with van der Waals surface area (Å²) in [5.41, 5.74) is 4.20. The number of benzene rings is 1. The number of fused-ring (bicyclic) bond motifs is 1. The van der Waals surface area contributed by atoms with E-state index in [1.807, 2.05) is 18.4 Å². The SMILES string of the molecule is CN=C(NCc1ccccc1CN1CCOCC1)NCC(C)N1CCc2sccc2C1.I. The summed E-state index contributed by atoms with van der Waals surface area (Å²) in [6, 6.07) is 11.4. The summed E-state index contributed by atoms with van der Waals surface area (Å²) < 4.78 is 5.48. The van der Waals surface area contributed by atoms with Crippen LogP contribution in [-0.2, 0) is 30.8 Å². The second kappa shape index (κ2) is 12.9. The van der Waals surface area contributed by atoms with Crippen molar-refractivity contribution in [2.45, 2.75) is 39.0 Å². The van der Waals surface area contributed by atoms with Gasteiger partial charge in [0.1, 0.15) is 0 Å². The van der Waals surface area contributed by atoms with Crippen LogP contribution in [0.15, 0.2) is 40.7 Å². The number of guanidine groups is 1. The van der Waals surface area contributed by atoms with Gasteiger partial charge in [0.25, 0.3) is 0 Å². The lowest BCUT2D eigenvalue weighted by molar-refractivity contribution is 0.0341. The topological polar surface area (TPSA) is 52.1 Å². The molecule has 2 N–H and O–H groups in total. The van der Waals surface area contributed by atoms with E-state index in [9.17, 15) is 0 Å². The zero-order chi connectivity index (χ0) is 21.5. The highest BCUT2D eigenvalue weighted by Crippen LogP contribution is 2.25. The average molecular weight is 570 g/mol. The lowest BCUT2D eigenvalue weighted by Gasteiger charge is -2.32. The molecule has 2 aromatic rings. The van der Waals surface area contributed by atoms with Crippen LogP contribution in [0.5, 0.6) is 0 Å². The summed E-state index contributed by atoms with van der Waals surface area (Å²) >= 11 is 1.90. The van der Waals surface area contributed by atoms with Crippen molar-refractivity contribution in [2.24, 2.45) is 4.99 Å². The van der Waals surface area contributed by atoms with Gasteiger partial charge in [-0.05, 0) is 41.5 Å². The number of rotatable bonds is 7. The fourth-order valence-electron chi connectivity index (χ4n) is 4.30. The predicted molar refractivity (Wildman–Crippen MR) is 144 cm³/mol. The van der Waals surface area contributed by atoms with Gasteiger partial charge in [0.05, 0.1) is 13.2 Å². The number of hydrogen-bond acceptors (Lipinski definition) is 5. The summed E-state index contributed by atoms with van der Waals surface area (Å²) in [6.45, 7) is 10.8. The molecule has 32 heavy (non-hydrogen) atoms. The number of nitrogens with zero attached hydrogens (tertiary/aromatic N) is 3. The average Bonchev–Trinajstić information content (AvgIpc) is 3.28. The first-order chi connectivity index (χ1) is 15.2. The zero-order valence-corrected chi connectivity index (χ0v) is 22.3. The Labute approximate surface area is 213 Å². The number of halogens is 1. The van der Waals surface area contributed by atoms with Crippen LogP contribution >= 0.6 is 35.3 Å². The number of nitrogens with one attached hydrogen (secondary N) is 2. The molecule has 1 atom stereocenters. The minimum absolute atomic E-state index is 0. The molecule has 176 valence electrons. The van der Waals surface area contributed by atoms with Crippen molar-refractivity contribution in [1.82, 2.24) is 20.4 Å².